The molecule has 1 atom stereocenters. The largest absolute Gasteiger partial charge is 0.496 e. The maximum Gasteiger partial charge on any atom is 0.123 e. The molecule has 0 amide bonds. The molecular weight excluding hydrogens is 226 g/mol. The Morgan fingerprint density at radius 3 is 2.83 bits per heavy atom. The van der Waals surface area contributed by atoms with Gasteiger partial charge in [0, 0.05) is 18.7 Å². The van der Waals surface area contributed by atoms with Gasteiger partial charge in [0.2, 0.25) is 0 Å². The number of aliphatic hydroxyl groups excluding tert-OH is 1. The zero-order valence-electron chi connectivity index (χ0n) is 11.3. The van der Waals surface area contributed by atoms with Gasteiger partial charge in [-0.2, -0.15) is 0 Å². The Bertz CT molecular complexity index is 365. The molecule has 3 nitrogen and oxygen atoms in total. The topological polar surface area (TPSA) is 32.7 Å². The average molecular weight is 249 g/mol. The van der Waals surface area contributed by atoms with Crippen molar-refractivity contribution in [3.05, 3.63) is 42.5 Å². The zero-order chi connectivity index (χ0) is 13.4. The molecule has 0 saturated heterocycles. The van der Waals surface area contributed by atoms with E-state index in [2.05, 4.69) is 11.5 Å². The fourth-order valence-electron chi connectivity index (χ4n) is 1.95. The second-order valence-electron chi connectivity index (χ2n) is 4.53. The third kappa shape index (κ3) is 4.90. The summed E-state index contributed by atoms with van der Waals surface area (Å²) in [5, 5.41) is 9.83. The fourth-order valence-corrected chi connectivity index (χ4v) is 1.95. The Balaban J connectivity index is 2.48. The predicted molar refractivity (Wildman–Crippen MR) is 74.8 cm³/mol. The summed E-state index contributed by atoms with van der Waals surface area (Å²) in [5.74, 6) is 0.893. The lowest BCUT2D eigenvalue weighted by Crippen LogP contribution is -2.28. The normalized spacial score (nSPS) is 12.4. The summed E-state index contributed by atoms with van der Waals surface area (Å²) < 4.78 is 5.31. The Morgan fingerprint density at radius 2 is 2.17 bits per heavy atom. The van der Waals surface area contributed by atoms with Gasteiger partial charge in [0.1, 0.15) is 5.75 Å². The van der Waals surface area contributed by atoms with E-state index in [4.69, 9.17) is 4.74 Å². The highest BCUT2D eigenvalue weighted by Crippen LogP contribution is 2.18. The van der Waals surface area contributed by atoms with E-state index in [9.17, 15) is 5.11 Å². The van der Waals surface area contributed by atoms with Gasteiger partial charge in [-0.3, -0.25) is 4.90 Å². The summed E-state index contributed by atoms with van der Waals surface area (Å²) in [5.41, 5.74) is 1.14. The van der Waals surface area contributed by atoms with Gasteiger partial charge in [-0.15, -0.1) is 6.58 Å². The lowest BCUT2D eigenvalue weighted by molar-refractivity contribution is 0.115. The summed E-state index contributed by atoms with van der Waals surface area (Å²) in [7, 11) is 3.68. The molecule has 0 fully saturated rings. The van der Waals surface area contributed by atoms with Gasteiger partial charge in [-0.05, 0) is 26.0 Å². The van der Waals surface area contributed by atoms with Crippen molar-refractivity contribution in [3.63, 3.8) is 0 Å². The number of methoxy groups -OCH3 is 1. The first kappa shape index (κ1) is 14.7. The highest BCUT2D eigenvalue weighted by atomic mass is 16.5. The smallest absolute Gasteiger partial charge is 0.123 e. The highest BCUT2D eigenvalue weighted by molar-refractivity contribution is 5.32. The van der Waals surface area contributed by atoms with Crippen LogP contribution in [0.2, 0.25) is 0 Å². The van der Waals surface area contributed by atoms with Crippen LogP contribution in [-0.4, -0.2) is 36.8 Å². The molecule has 100 valence electrons. The van der Waals surface area contributed by atoms with Crippen LogP contribution in [0.15, 0.2) is 36.9 Å². The molecule has 0 aromatic heterocycles. The molecule has 0 heterocycles. The summed E-state index contributed by atoms with van der Waals surface area (Å²) in [6.07, 6.45) is 3.15. The Hall–Kier alpha value is -1.32. The number of rotatable bonds is 8. The van der Waals surface area contributed by atoms with E-state index in [0.29, 0.717) is 6.54 Å². The number of benzene rings is 1. The fraction of sp³-hybridized carbons (Fsp3) is 0.467. The number of hydrogen-bond donors (Lipinski definition) is 1. The van der Waals surface area contributed by atoms with E-state index in [1.165, 1.54) is 0 Å². The van der Waals surface area contributed by atoms with Gasteiger partial charge in [0.15, 0.2) is 0 Å². The number of para-hydroxylation sites is 1. The summed E-state index contributed by atoms with van der Waals surface area (Å²) >= 11 is 0. The predicted octanol–water partition coefficient (Wildman–Crippen LogP) is 2.45. The molecule has 1 N–H and O–H groups in total. The molecule has 1 rings (SSSR count). The molecule has 3 heteroatoms. The van der Waals surface area contributed by atoms with Crippen LogP contribution in [0.1, 0.15) is 18.4 Å². The van der Waals surface area contributed by atoms with Gasteiger partial charge in [-0.25, -0.2) is 0 Å². The van der Waals surface area contributed by atoms with Crippen LogP contribution in [-0.2, 0) is 6.54 Å². The molecule has 0 aliphatic carbocycles. The van der Waals surface area contributed by atoms with E-state index in [0.717, 1.165) is 30.7 Å². The van der Waals surface area contributed by atoms with Gasteiger partial charge in [-0.1, -0.05) is 24.3 Å². The van der Waals surface area contributed by atoms with Gasteiger partial charge in [0.05, 0.1) is 13.2 Å². The molecule has 1 unspecified atom stereocenters. The third-order valence-corrected chi connectivity index (χ3v) is 2.86. The van der Waals surface area contributed by atoms with Crippen molar-refractivity contribution in [2.75, 3.05) is 20.7 Å². The molecule has 0 spiro atoms. The summed E-state index contributed by atoms with van der Waals surface area (Å²) in [6, 6.07) is 7.96. The molecule has 1 aromatic carbocycles. The number of allylic oxidation sites excluding steroid dienone is 1. The SMILES string of the molecule is C=CCCC(O)CN(C)Cc1ccccc1OC. The zero-order valence-corrected chi connectivity index (χ0v) is 11.3. The minimum absolute atomic E-state index is 0.303. The second-order valence-corrected chi connectivity index (χ2v) is 4.53. The second kappa shape index (κ2) is 7.90. The number of hydrogen-bond acceptors (Lipinski definition) is 3. The van der Waals surface area contributed by atoms with Crippen molar-refractivity contribution >= 4 is 0 Å². The van der Waals surface area contributed by atoms with Crippen molar-refractivity contribution in [1.29, 1.82) is 0 Å². The standard InChI is InChI=1S/C15H23NO2/c1-4-5-9-14(17)12-16(2)11-13-8-6-7-10-15(13)18-3/h4,6-8,10,14,17H,1,5,9,11-12H2,2-3H3. The minimum Gasteiger partial charge on any atom is -0.496 e. The van der Waals surface area contributed by atoms with Crippen molar-refractivity contribution in [1.82, 2.24) is 4.90 Å². The summed E-state index contributed by atoms with van der Waals surface area (Å²) in [4.78, 5) is 2.10. The molecule has 0 bridgehead atoms. The van der Waals surface area contributed by atoms with Crippen LogP contribution < -0.4 is 4.74 Å². The molecule has 0 aliphatic rings. The van der Waals surface area contributed by atoms with E-state index in [1.807, 2.05) is 37.4 Å². The highest BCUT2D eigenvalue weighted by Gasteiger charge is 2.10. The first-order valence-corrected chi connectivity index (χ1v) is 6.26. The van der Waals surface area contributed by atoms with E-state index in [-0.39, 0.29) is 6.10 Å². The molecule has 0 aliphatic heterocycles. The third-order valence-electron chi connectivity index (χ3n) is 2.86. The van der Waals surface area contributed by atoms with Crippen molar-refractivity contribution in [2.45, 2.75) is 25.5 Å². The first-order valence-electron chi connectivity index (χ1n) is 6.26. The minimum atomic E-state index is -0.303. The monoisotopic (exact) mass is 249 g/mol. The maximum atomic E-state index is 9.83. The van der Waals surface area contributed by atoms with Crippen LogP contribution in [0.3, 0.4) is 0 Å². The molecule has 0 radical (unpaired) electrons. The number of ether oxygens (including phenoxy) is 1. The van der Waals surface area contributed by atoms with Gasteiger partial charge >= 0.3 is 0 Å². The number of nitrogens with zero attached hydrogens (tertiary/aromatic N) is 1. The van der Waals surface area contributed by atoms with E-state index < -0.39 is 0 Å². The van der Waals surface area contributed by atoms with Gasteiger partial charge in [0.25, 0.3) is 0 Å². The maximum absolute atomic E-state index is 9.83. The number of likely N-dealkylation sites (N-methyl/N-ethyl adjacent to an activating group) is 1. The number of aliphatic hydroxyl groups is 1. The van der Waals surface area contributed by atoms with Gasteiger partial charge < -0.3 is 9.84 Å². The summed E-state index contributed by atoms with van der Waals surface area (Å²) in [6.45, 7) is 5.09. The Labute approximate surface area is 110 Å². The molecule has 18 heavy (non-hydrogen) atoms. The van der Waals surface area contributed by atoms with E-state index in [1.54, 1.807) is 7.11 Å². The van der Waals surface area contributed by atoms with Crippen LogP contribution in [0, 0.1) is 0 Å². The first-order chi connectivity index (χ1) is 8.67. The lowest BCUT2D eigenvalue weighted by atomic mass is 10.1. The Morgan fingerprint density at radius 1 is 1.44 bits per heavy atom. The average Bonchev–Trinajstić information content (AvgIpc) is 2.36. The molecule has 0 saturated carbocycles. The van der Waals surface area contributed by atoms with Crippen LogP contribution in [0.5, 0.6) is 5.75 Å². The molecular formula is C15H23NO2. The van der Waals surface area contributed by atoms with E-state index >= 15 is 0 Å². The molecule has 1 aromatic rings. The van der Waals surface area contributed by atoms with Crippen molar-refractivity contribution < 1.29 is 9.84 Å². The van der Waals surface area contributed by atoms with Crippen molar-refractivity contribution in [3.8, 4) is 5.75 Å². The van der Waals surface area contributed by atoms with Crippen LogP contribution in [0.4, 0.5) is 0 Å². The van der Waals surface area contributed by atoms with Crippen LogP contribution >= 0.6 is 0 Å². The van der Waals surface area contributed by atoms with Crippen LogP contribution in [0.25, 0.3) is 0 Å². The Kier molecular flexibility index (Phi) is 6.47. The quantitative estimate of drug-likeness (QED) is 0.718. The van der Waals surface area contributed by atoms with Crippen molar-refractivity contribution in [2.24, 2.45) is 0 Å². The lowest BCUT2D eigenvalue weighted by Gasteiger charge is -2.21.